The van der Waals surface area contributed by atoms with E-state index in [4.69, 9.17) is 0 Å². The summed E-state index contributed by atoms with van der Waals surface area (Å²) in [5.41, 5.74) is 2.28. The summed E-state index contributed by atoms with van der Waals surface area (Å²) in [4.78, 5) is 6.87. The first kappa shape index (κ1) is 18.6. The third kappa shape index (κ3) is 4.54. The minimum absolute atomic E-state index is 0.463. The molecule has 0 unspecified atom stereocenters. The van der Waals surface area contributed by atoms with E-state index >= 15 is 0 Å². The molecule has 28 heavy (non-hydrogen) atoms. The van der Waals surface area contributed by atoms with E-state index in [9.17, 15) is 0 Å². The molecule has 0 bridgehead atoms. The molecular weight excluding hydrogens is 368 g/mol. The third-order valence-electron chi connectivity index (χ3n) is 5.04. The Morgan fingerprint density at radius 1 is 1.18 bits per heavy atom. The van der Waals surface area contributed by atoms with E-state index in [0.717, 1.165) is 44.1 Å². The van der Waals surface area contributed by atoms with Crippen LogP contribution < -0.4 is 15.5 Å². The van der Waals surface area contributed by atoms with Crippen LogP contribution in [0.4, 0.5) is 5.00 Å². The van der Waals surface area contributed by atoms with E-state index in [0.29, 0.717) is 6.04 Å². The van der Waals surface area contributed by atoms with Crippen molar-refractivity contribution >= 4 is 22.3 Å². The molecule has 2 N–H and O–H groups in total. The summed E-state index contributed by atoms with van der Waals surface area (Å²) in [5.74, 6) is 0.866. The topological polar surface area (TPSA) is 57.5 Å². The molecule has 1 aromatic carbocycles. The number of thiophene rings is 1. The van der Waals surface area contributed by atoms with Gasteiger partial charge in [0, 0.05) is 45.1 Å². The van der Waals surface area contributed by atoms with E-state index < -0.39 is 0 Å². The van der Waals surface area contributed by atoms with E-state index in [1.54, 1.807) is 6.20 Å². The first-order valence-corrected chi connectivity index (χ1v) is 10.5. The highest BCUT2D eigenvalue weighted by atomic mass is 32.1. The van der Waals surface area contributed by atoms with Gasteiger partial charge in [-0.05, 0) is 54.1 Å². The Morgan fingerprint density at radius 3 is 2.64 bits per heavy atom. The molecule has 1 aliphatic heterocycles. The van der Waals surface area contributed by atoms with Crippen molar-refractivity contribution in [1.82, 2.24) is 20.4 Å². The number of hydrogen-bond donors (Lipinski definition) is 2. The summed E-state index contributed by atoms with van der Waals surface area (Å²) in [7, 11) is 1.83. The van der Waals surface area contributed by atoms with Crippen molar-refractivity contribution in [2.75, 3.05) is 25.0 Å². The molecule has 146 valence electrons. The van der Waals surface area contributed by atoms with Crippen LogP contribution in [0.2, 0.25) is 0 Å². The molecule has 0 amide bonds. The maximum atomic E-state index is 4.39. The molecule has 0 saturated carbocycles. The summed E-state index contributed by atoms with van der Waals surface area (Å²) in [5, 5.41) is 14.8. The average molecular weight is 395 g/mol. The van der Waals surface area contributed by atoms with E-state index in [1.165, 1.54) is 10.6 Å². The Hall–Kier alpha value is -2.80. The van der Waals surface area contributed by atoms with Crippen LogP contribution in [0.1, 0.15) is 18.4 Å². The molecular formula is C21H26N6S. The van der Waals surface area contributed by atoms with Gasteiger partial charge in [-0.2, -0.15) is 5.10 Å². The van der Waals surface area contributed by atoms with Gasteiger partial charge in [0.25, 0.3) is 0 Å². The fourth-order valence-corrected chi connectivity index (χ4v) is 4.24. The van der Waals surface area contributed by atoms with Gasteiger partial charge in [-0.15, -0.1) is 11.3 Å². The van der Waals surface area contributed by atoms with Crippen molar-refractivity contribution in [3.05, 3.63) is 65.8 Å². The minimum atomic E-state index is 0.463. The summed E-state index contributed by atoms with van der Waals surface area (Å²) >= 11 is 1.82. The van der Waals surface area contributed by atoms with Crippen LogP contribution in [0, 0.1) is 0 Å². The van der Waals surface area contributed by atoms with Gasteiger partial charge < -0.3 is 15.5 Å². The second kappa shape index (κ2) is 8.93. The smallest absolute Gasteiger partial charge is 0.191 e. The van der Waals surface area contributed by atoms with Crippen molar-refractivity contribution in [1.29, 1.82) is 0 Å². The molecule has 0 spiro atoms. The lowest BCUT2D eigenvalue weighted by Crippen LogP contribution is -2.48. The minimum Gasteiger partial charge on any atom is -0.363 e. The zero-order chi connectivity index (χ0) is 19.2. The molecule has 7 heteroatoms. The van der Waals surface area contributed by atoms with E-state index in [-0.39, 0.29) is 0 Å². The molecule has 1 saturated heterocycles. The number of anilines is 1. The maximum Gasteiger partial charge on any atom is 0.191 e. The maximum absolute atomic E-state index is 4.39. The van der Waals surface area contributed by atoms with Crippen LogP contribution in [0.15, 0.2) is 65.2 Å². The number of guanidine groups is 1. The highest BCUT2D eigenvalue weighted by molar-refractivity contribution is 7.14. The summed E-state index contributed by atoms with van der Waals surface area (Å²) < 4.78 is 1.86. The van der Waals surface area contributed by atoms with Crippen molar-refractivity contribution in [3.8, 4) is 5.69 Å². The van der Waals surface area contributed by atoms with Crippen molar-refractivity contribution in [2.45, 2.75) is 25.4 Å². The first-order valence-electron chi connectivity index (χ1n) is 9.66. The average Bonchev–Trinajstić information content (AvgIpc) is 3.46. The fraction of sp³-hybridized carbons (Fsp3) is 0.333. The second-order valence-corrected chi connectivity index (χ2v) is 7.83. The quantitative estimate of drug-likeness (QED) is 0.515. The highest BCUT2D eigenvalue weighted by Gasteiger charge is 2.20. The van der Waals surface area contributed by atoms with Crippen LogP contribution in [-0.2, 0) is 6.54 Å². The highest BCUT2D eigenvalue weighted by Crippen LogP contribution is 2.24. The Kier molecular flexibility index (Phi) is 5.92. The number of aliphatic imine (C=N–C) groups is 1. The van der Waals surface area contributed by atoms with Crippen molar-refractivity contribution in [2.24, 2.45) is 4.99 Å². The number of benzene rings is 1. The SMILES string of the molecule is CN=C(NCc1ccc(-n2cccn2)cc1)NC1CCN(c2cccs2)CC1. The number of nitrogens with zero attached hydrogens (tertiary/aromatic N) is 4. The fourth-order valence-electron chi connectivity index (χ4n) is 3.46. The zero-order valence-corrected chi connectivity index (χ0v) is 16.9. The predicted octanol–water partition coefficient (Wildman–Crippen LogP) is 3.27. The predicted molar refractivity (Wildman–Crippen MR) is 116 cm³/mol. The van der Waals surface area contributed by atoms with Crippen LogP contribution in [0.5, 0.6) is 0 Å². The molecule has 0 radical (unpaired) electrons. The van der Waals surface area contributed by atoms with Gasteiger partial charge in [-0.3, -0.25) is 4.99 Å². The van der Waals surface area contributed by atoms with Gasteiger partial charge in [0.1, 0.15) is 0 Å². The van der Waals surface area contributed by atoms with Gasteiger partial charge in [-0.1, -0.05) is 12.1 Å². The molecule has 3 heterocycles. The lowest BCUT2D eigenvalue weighted by molar-refractivity contribution is 0.463. The largest absolute Gasteiger partial charge is 0.363 e. The monoisotopic (exact) mass is 394 g/mol. The molecule has 0 aliphatic carbocycles. The summed E-state index contributed by atoms with van der Waals surface area (Å²) in [6.07, 6.45) is 5.98. The molecule has 6 nitrogen and oxygen atoms in total. The number of piperidine rings is 1. The van der Waals surface area contributed by atoms with Gasteiger partial charge in [-0.25, -0.2) is 4.68 Å². The van der Waals surface area contributed by atoms with Gasteiger partial charge in [0.15, 0.2) is 5.96 Å². The van der Waals surface area contributed by atoms with Gasteiger partial charge in [0.05, 0.1) is 10.7 Å². The molecule has 0 atom stereocenters. The molecule has 3 aromatic rings. The van der Waals surface area contributed by atoms with Crippen LogP contribution in [-0.4, -0.2) is 41.9 Å². The first-order chi connectivity index (χ1) is 13.8. The van der Waals surface area contributed by atoms with Crippen molar-refractivity contribution < 1.29 is 0 Å². The molecule has 1 fully saturated rings. The third-order valence-corrected chi connectivity index (χ3v) is 5.97. The van der Waals surface area contributed by atoms with Crippen LogP contribution in [0.25, 0.3) is 5.69 Å². The summed E-state index contributed by atoms with van der Waals surface area (Å²) in [6.45, 7) is 2.92. The Labute approximate surface area is 169 Å². The number of hydrogen-bond acceptors (Lipinski definition) is 4. The van der Waals surface area contributed by atoms with Crippen molar-refractivity contribution in [3.63, 3.8) is 0 Å². The lowest BCUT2D eigenvalue weighted by Gasteiger charge is -2.33. The van der Waals surface area contributed by atoms with E-state index in [2.05, 4.69) is 67.4 Å². The van der Waals surface area contributed by atoms with Crippen LogP contribution >= 0.6 is 11.3 Å². The van der Waals surface area contributed by atoms with Crippen LogP contribution in [0.3, 0.4) is 0 Å². The van der Waals surface area contributed by atoms with Gasteiger partial charge in [0.2, 0.25) is 0 Å². The normalized spacial score (nSPS) is 15.6. The standard InChI is InChI=1S/C21H26N6S/c1-22-21(25-18-9-13-26(14-10-18)20-4-2-15-28-20)23-16-17-5-7-19(8-6-17)27-12-3-11-24-27/h2-8,11-12,15,18H,9-10,13-14,16H2,1H3,(H2,22,23,25). The summed E-state index contributed by atoms with van der Waals surface area (Å²) in [6, 6.07) is 15.1. The van der Waals surface area contributed by atoms with E-state index in [1.807, 2.05) is 35.3 Å². The number of nitrogens with one attached hydrogen (secondary N) is 2. The Bertz CT molecular complexity index is 862. The number of aromatic nitrogens is 2. The Balaban J connectivity index is 1.25. The zero-order valence-electron chi connectivity index (χ0n) is 16.1. The lowest BCUT2D eigenvalue weighted by atomic mass is 10.1. The second-order valence-electron chi connectivity index (χ2n) is 6.90. The number of rotatable bonds is 5. The Morgan fingerprint density at radius 2 is 2.00 bits per heavy atom. The van der Waals surface area contributed by atoms with Gasteiger partial charge >= 0.3 is 0 Å². The molecule has 4 rings (SSSR count). The molecule has 2 aromatic heterocycles. The molecule has 1 aliphatic rings.